The van der Waals surface area contributed by atoms with E-state index in [1.54, 1.807) is 6.92 Å². The summed E-state index contributed by atoms with van der Waals surface area (Å²) in [5.41, 5.74) is 4.43. The molecule has 0 aliphatic carbocycles. The van der Waals surface area contributed by atoms with Crippen LogP contribution in [0.25, 0.3) is 32.9 Å². The van der Waals surface area contributed by atoms with E-state index in [2.05, 4.69) is 26.9 Å². The molecule has 13 heteroatoms. The molecule has 0 radical (unpaired) electrons. The third-order valence-electron chi connectivity index (χ3n) is 10.3. The molecule has 1 N–H and O–H groups in total. The first-order chi connectivity index (χ1) is 23.8. The van der Waals surface area contributed by atoms with Gasteiger partial charge in [0.2, 0.25) is 5.13 Å². The number of carboxylic acid groups (broad SMARTS) is 1. The molecule has 3 aromatic heterocycles. The highest BCUT2D eigenvalue weighted by Gasteiger charge is 2.36. The second-order valence-electron chi connectivity index (χ2n) is 14.8. The first-order valence-corrected chi connectivity index (χ1v) is 18.4. The van der Waals surface area contributed by atoms with Crippen molar-refractivity contribution >= 4 is 33.5 Å². The first kappa shape index (κ1) is 34.8. The number of piperazine rings is 1. The summed E-state index contributed by atoms with van der Waals surface area (Å²) in [6.45, 7) is 16.4. The molecule has 11 nitrogen and oxygen atoms in total. The van der Waals surface area contributed by atoms with Crippen LogP contribution in [0.5, 0.6) is 5.75 Å². The molecule has 0 unspecified atom stereocenters. The van der Waals surface area contributed by atoms with Gasteiger partial charge < -0.3 is 28.8 Å². The first-order valence-electron chi connectivity index (χ1n) is 17.6. The third kappa shape index (κ3) is 6.37. The van der Waals surface area contributed by atoms with Crippen molar-refractivity contribution < 1.29 is 28.5 Å². The highest BCUT2D eigenvalue weighted by atomic mass is 32.1. The van der Waals surface area contributed by atoms with Gasteiger partial charge in [0.15, 0.2) is 22.7 Å². The summed E-state index contributed by atoms with van der Waals surface area (Å²) in [4.78, 5) is 22.8. The monoisotopic (exact) mass is 706 g/mol. The summed E-state index contributed by atoms with van der Waals surface area (Å²) in [6.07, 6.45) is 2.26. The topological polar surface area (TPSA) is 115 Å². The maximum absolute atomic E-state index is 15.8. The number of aliphatic carboxylic acids is 1. The zero-order valence-corrected chi connectivity index (χ0v) is 30.8. The van der Waals surface area contributed by atoms with Gasteiger partial charge >= 0.3 is 5.97 Å². The molecule has 4 aromatic rings. The predicted octanol–water partition coefficient (Wildman–Crippen LogP) is 6.47. The SMILES string of the molecule is Cc1nc2c(cc(-c3nnc(N4CCN(C5CCOCC5)C[C@H]4C)s3)n2C)c(-c2cc(F)c3c(c2C)CCCO3)c1[C@H](OC(C)(C)C)C(=O)O. The average Bonchev–Trinajstić information content (AvgIpc) is 3.69. The largest absolute Gasteiger partial charge is 0.490 e. The Morgan fingerprint density at radius 2 is 1.90 bits per heavy atom. The van der Waals surface area contributed by atoms with E-state index in [0.717, 1.165) is 79.1 Å². The van der Waals surface area contributed by atoms with E-state index in [1.807, 2.05) is 45.4 Å². The van der Waals surface area contributed by atoms with Crippen molar-refractivity contribution in [1.29, 1.82) is 0 Å². The maximum atomic E-state index is 15.8. The fraction of sp³-hybridized carbons (Fsp3) is 0.568. The molecule has 1 aromatic carbocycles. The van der Waals surface area contributed by atoms with Crippen molar-refractivity contribution in [2.24, 2.45) is 7.05 Å². The Balaban J connectivity index is 1.34. The minimum Gasteiger partial charge on any atom is -0.490 e. The van der Waals surface area contributed by atoms with Crippen LogP contribution in [-0.2, 0) is 27.7 Å². The zero-order chi connectivity index (χ0) is 35.5. The van der Waals surface area contributed by atoms with E-state index < -0.39 is 23.5 Å². The lowest BCUT2D eigenvalue weighted by Gasteiger charge is -2.44. The molecule has 6 heterocycles. The lowest BCUT2D eigenvalue weighted by Crippen LogP contribution is -2.55. The van der Waals surface area contributed by atoms with Gasteiger partial charge in [0, 0.05) is 79.7 Å². The van der Waals surface area contributed by atoms with E-state index in [9.17, 15) is 9.90 Å². The minimum atomic E-state index is -1.34. The van der Waals surface area contributed by atoms with Crippen LogP contribution >= 0.6 is 11.3 Å². The standard InChI is InChI=1S/C37H47FN6O5S/c1-20-19-43(23-10-15-47-16-11-23)12-13-44(20)36-41-40-34(50-36)28-18-26-30(25-17-27(38)31-24(21(25)2)9-8-14-48-31)29(22(3)39-33(26)42(28)7)32(35(45)46)49-37(4,5)6/h17-18,20,23,32H,8-16,19H2,1-7H3,(H,45,46)/t20-,32+/m1/s1. The van der Waals surface area contributed by atoms with Gasteiger partial charge in [-0.15, -0.1) is 10.2 Å². The Morgan fingerprint density at radius 3 is 2.60 bits per heavy atom. The van der Waals surface area contributed by atoms with Crippen molar-refractivity contribution in [2.45, 2.75) is 91.0 Å². The number of carboxylic acids is 1. The maximum Gasteiger partial charge on any atom is 0.337 e. The Hall–Kier alpha value is -3.65. The number of aromatic nitrogens is 4. The lowest BCUT2D eigenvalue weighted by atomic mass is 9.86. The molecule has 2 fully saturated rings. The molecular weight excluding hydrogens is 660 g/mol. The zero-order valence-electron chi connectivity index (χ0n) is 30.0. The number of rotatable bonds is 7. The fourth-order valence-corrected chi connectivity index (χ4v) is 8.89. The van der Waals surface area contributed by atoms with Gasteiger partial charge in [-0.2, -0.15) is 0 Å². The minimum absolute atomic E-state index is 0.278. The van der Waals surface area contributed by atoms with Crippen molar-refractivity contribution in [3.05, 3.63) is 40.3 Å². The summed E-state index contributed by atoms with van der Waals surface area (Å²) in [6, 6.07) is 4.31. The average molecular weight is 707 g/mol. The van der Waals surface area contributed by atoms with Gasteiger partial charge in [0.25, 0.3) is 0 Å². The Labute approximate surface area is 296 Å². The Morgan fingerprint density at radius 1 is 1.14 bits per heavy atom. The molecule has 0 amide bonds. The molecule has 3 aliphatic rings. The molecule has 50 heavy (non-hydrogen) atoms. The predicted molar refractivity (Wildman–Crippen MR) is 192 cm³/mol. The van der Waals surface area contributed by atoms with E-state index in [4.69, 9.17) is 19.2 Å². The van der Waals surface area contributed by atoms with Crippen LogP contribution in [0.3, 0.4) is 0 Å². The van der Waals surface area contributed by atoms with Gasteiger partial charge in [-0.05, 0) is 90.5 Å². The van der Waals surface area contributed by atoms with Gasteiger partial charge in [-0.3, -0.25) is 4.90 Å². The number of fused-ring (bicyclic) bond motifs is 2. The number of halogens is 1. The van der Waals surface area contributed by atoms with Crippen LogP contribution in [0.4, 0.5) is 9.52 Å². The third-order valence-corrected chi connectivity index (χ3v) is 11.3. The number of nitrogens with zero attached hydrogens (tertiary/aromatic N) is 6. The van der Waals surface area contributed by atoms with Crippen LogP contribution in [0, 0.1) is 19.7 Å². The summed E-state index contributed by atoms with van der Waals surface area (Å²) >= 11 is 1.54. The number of ether oxygens (including phenoxy) is 3. The van der Waals surface area contributed by atoms with Crippen molar-refractivity contribution in [2.75, 3.05) is 44.4 Å². The second-order valence-corrected chi connectivity index (χ2v) is 15.8. The molecule has 2 atom stereocenters. The summed E-state index contributed by atoms with van der Waals surface area (Å²) in [5, 5.41) is 22.2. The van der Waals surface area contributed by atoms with Gasteiger partial charge in [0.05, 0.1) is 17.9 Å². The highest BCUT2D eigenvalue weighted by molar-refractivity contribution is 7.18. The molecule has 0 spiro atoms. The Bertz CT molecular complexity index is 1930. The van der Waals surface area contributed by atoms with Crippen LogP contribution in [0.2, 0.25) is 0 Å². The molecule has 2 saturated heterocycles. The number of anilines is 1. The Kier molecular flexibility index (Phi) is 9.38. The van der Waals surface area contributed by atoms with E-state index in [1.165, 1.54) is 17.4 Å². The van der Waals surface area contributed by atoms with Gasteiger partial charge in [-0.25, -0.2) is 14.2 Å². The van der Waals surface area contributed by atoms with Gasteiger partial charge in [-0.1, -0.05) is 11.3 Å². The molecule has 7 rings (SSSR count). The van der Waals surface area contributed by atoms with Crippen LogP contribution < -0.4 is 9.64 Å². The number of hydrogen-bond acceptors (Lipinski definition) is 10. The van der Waals surface area contributed by atoms with E-state index in [-0.39, 0.29) is 11.8 Å². The normalized spacial score (nSPS) is 19.8. The lowest BCUT2D eigenvalue weighted by molar-refractivity contribution is -0.160. The molecule has 0 saturated carbocycles. The van der Waals surface area contributed by atoms with Crippen LogP contribution in [0.15, 0.2) is 12.1 Å². The number of hydrogen-bond donors (Lipinski definition) is 1. The highest BCUT2D eigenvalue weighted by Crippen LogP contribution is 2.46. The van der Waals surface area contributed by atoms with Crippen molar-refractivity contribution in [3.63, 3.8) is 0 Å². The molecular formula is C37H47FN6O5S. The summed E-state index contributed by atoms with van der Waals surface area (Å²) in [7, 11) is 1.93. The summed E-state index contributed by atoms with van der Waals surface area (Å²) < 4.78 is 35.4. The molecule has 3 aliphatic heterocycles. The number of pyridine rings is 1. The van der Waals surface area contributed by atoms with E-state index in [0.29, 0.717) is 52.5 Å². The summed E-state index contributed by atoms with van der Waals surface area (Å²) in [5.74, 6) is -1.33. The molecule has 0 bridgehead atoms. The smallest absolute Gasteiger partial charge is 0.337 e. The van der Waals surface area contributed by atoms with Crippen LogP contribution in [-0.4, -0.2) is 92.9 Å². The number of benzene rings is 1. The van der Waals surface area contributed by atoms with Gasteiger partial charge in [0.1, 0.15) is 5.65 Å². The van der Waals surface area contributed by atoms with E-state index >= 15 is 4.39 Å². The van der Waals surface area contributed by atoms with Crippen molar-refractivity contribution in [1.82, 2.24) is 24.6 Å². The quantitative estimate of drug-likeness (QED) is 0.229. The second kappa shape index (κ2) is 13.5. The number of aryl methyl sites for hydroxylation is 2. The molecule has 268 valence electrons. The fourth-order valence-electron chi connectivity index (χ4n) is 7.86. The number of carbonyl (C=O) groups is 1. The van der Waals surface area contributed by atoms with Crippen molar-refractivity contribution in [3.8, 4) is 27.6 Å². The van der Waals surface area contributed by atoms with Crippen LogP contribution in [0.1, 0.15) is 75.4 Å².